The number of ketones is 2. The van der Waals surface area contributed by atoms with Crippen molar-refractivity contribution < 1.29 is 33.6 Å². The van der Waals surface area contributed by atoms with Gasteiger partial charge in [0.1, 0.15) is 22.1 Å². The van der Waals surface area contributed by atoms with E-state index in [-0.39, 0.29) is 47.1 Å². The van der Waals surface area contributed by atoms with E-state index in [0.717, 1.165) is 0 Å². The summed E-state index contributed by atoms with van der Waals surface area (Å²) in [5.41, 5.74) is -0.954. The van der Waals surface area contributed by atoms with E-state index in [1.165, 1.54) is 26.4 Å². The molecule has 1 aliphatic carbocycles. The number of aliphatic hydroxyl groups excluding tert-OH is 1. The molecule has 0 fully saturated rings. The Hall–Kier alpha value is -2.29. The summed E-state index contributed by atoms with van der Waals surface area (Å²) < 4.78 is 22.0. The van der Waals surface area contributed by atoms with Crippen molar-refractivity contribution in [2.24, 2.45) is 5.92 Å². The van der Waals surface area contributed by atoms with E-state index >= 15 is 0 Å². The SMILES string of the molecule is COc1cc(OC)c2c(c1Cl)O[C@@]1(C(=O)C=C(NC[C@@H](O)COC(C)C)C[C@H]1C)C2=O. The number of ether oxygens (including phenoxy) is 4. The third-order valence-corrected chi connectivity index (χ3v) is 5.85. The van der Waals surface area contributed by atoms with Gasteiger partial charge in [-0.3, -0.25) is 9.59 Å². The number of methoxy groups -OCH3 is 2. The second-order valence-electron chi connectivity index (χ2n) is 8.02. The summed E-state index contributed by atoms with van der Waals surface area (Å²) in [5.74, 6) is -0.841. The van der Waals surface area contributed by atoms with E-state index in [9.17, 15) is 14.7 Å². The molecule has 0 radical (unpaired) electrons. The molecule has 1 aromatic carbocycles. The standard InChI is InChI=1S/C22H28ClNO7/c1-11(2)30-10-14(25)9-24-13-6-12(3)22(17(26)7-13)21(27)18-15(28-4)8-16(29-5)19(23)20(18)31-22/h7-8,11-12,14,24-25H,6,9-10H2,1-5H3/t12-,14-,22+/m1/s1. The lowest BCUT2D eigenvalue weighted by Crippen LogP contribution is -2.55. The predicted molar refractivity (Wildman–Crippen MR) is 114 cm³/mol. The maximum Gasteiger partial charge on any atom is 0.236 e. The zero-order valence-corrected chi connectivity index (χ0v) is 19.0. The van der Waals surface area contributed by atoms with Crippen LogP contribution in [0.5, 0.6) is 17.2 Å². The average molecular weight is 454 g/mol. The maximum atomic E-state index is 13.4. The van der Waals surface area contributed by atoms with E-state index in [2.05, 4.69) is 5.32 Å². The van der Waals surface area contributed by atoms with Crippen LogP contribution in [0.25, 0.3) is 0 Å². The second kappa shape index (κ2) is 9.06. The molecule has 0 aromatic heterocycles. The number of carbonyl (C=O) groups is 2. The molecule has 0 amide bonds. The average Bonchev–Trinajstić information content (AvgIpc) is 3.04. The van der Waals surface area contributed by atoms with E-state index in [1.807, 2.05) is 13.8 Å². The monoisotopic (exact) mass is 453 g/mol. The van der Waals surface area contributed by atoms with Gasteiger partial charge in [-0.2, -0.15) is 0 Å². The molecule has 8 nitrogen and oxygen atoms in total. The van der Waals surface area contributed by atoms with E-state index in [4.69, 9.17) is 30.5 Å². The lowest BCUT2D eigenvalue weighted by atomic mass is 9.74. The van der Waals surface area contributed by atoms with Crippen molar-refractivity contribution in [1.29, 1.82) is 0 Å². The van der Waals surface area contributed by atoms with Gasteiger partial charge in [0.05, 0.1) is 33.0 Å². The van der Waals surface area contributed by atoms with Gasteiger partial charge in [-0.25, -0.2) is 0 Å². The van der Waals surface area contributed by atoms with Gasteiger partial charge in [0.15, 0.2) is 5.75 Å². The Balaban J connectivity index is 1.84. The van der Waals surface area contributed by atoms with Crippen LogP contribution in [0.2, 0.25) is 5.02 Å². The number of benzene rings is 1. The van der Waals surface area contributed by atoms with Gasteiger partial charge < -0.3 is 29.4 Å². The largest absolute Gasteiger partial charge is 0.496 e. The minimum atomic E-state index is -1.71. The molecule has 1 aliphatic heterocycles. The van der Waals surface area contributed by atoms with E-state index in [1.54, 1.807) is 6.92 Å². The third-order valence-electron chi connectivity index (χ3n) is 5.50. The van der Waals surface area contributed by atoms with Crippen molar-refractivity contribution in [2.45, 2.75) is 45.0 Å². The number of halogens is 1. The Morgan fingerprint density at radius 3 is 2.55 bits per heavy atom. The first-order chi connectivity index (χ1) is 14.6. The fourth-order valence-electron chi connectivity index (χ4n) is 3.86. The van der Waals surface area contributed by atoms with Gasteiger partial charge in [0, 0.05) is 30.3 Å². The first kappa shape index (κ1) is 23.4. The third kappa shape index (κ3) is 4.12. The van der Waals surface area contributed by atoms with Crippen LogP contribution in [0.15, 0.2) is 17.8 Å². The van der Waals surface area contributed by atoms with Gasteiger partial charge in [-0.05, 0) is 20.3 Å². The normalized spacial score (nSPS) is 23.5. The summed E-state index contributed by atoms with van der Waals surface area (Å²) in [6.45, 7) is 5.94. The Morgan fingerprint density at radius 1 is 1.29 bits per heavy atom. The zero-order chi connectivity index (χ0) is 22.9. The van der Waals surface area contributed by atoms with Crippen LogP contribution in [-0.2, 0) is 9.53 Å². The van der Waals surface area contributed by atoms with Gasteiger partial charge >= 0.3 is 0 Å². The highest BCUT2D eigenvalue weighted by molar-refractivity contribution is 6.36. The minimum Gasteiger partial charge on any atom is -0.496 e. The molecule has 0 unspecified atom stereocenters. The molecule has 1 heterocycles. The molecule has 1 spiro atoms. The van der Waals surface area contributed by atoms with Gasteiger partial charge in [-0.15, -0.1) is 0 Å². The number of hydrogen-bond acceptors (Lipinski definition) is 8. The molecule has 1 aromatic rings. The van der Waals surface area contributed by atoms with Crippen LogP contribution in [-0.4, -0.2) is 61.9 Å². The van der Waals surface area contributed by atoms with Crippen LogP contribution in [0.3, 0.4) is 0 Å². The highest BCUT2D eigenvalue weighted by atomic mass is 35.5. The molecule has 31 heavy (non-hydrogen) atoms. The molecule has 3 atom stereocenters. The predicted octanol–water partition coefficient (Wildman–Crippen LogP) is 2.54. The fraction of sp³-hybridized carbons (Fsp3) is 0.545. The van der Waals surface area contributed by atoms with Crippen LogP contribution in [0, 0.1) is 5.92 Å². The fourth-order valence-corrected chi connectivity index (χ4v) is 4.13. The molecule has 2 aliphatic rings. The number of hydrogen-bond donors (Lipinski definition) is 2. The first-order valence-electron chi connectivity index (χ1n) is 10.1. The number of carbonyl (C=O) groups excluding carboxylic acids is 2. The molecule has 2 N–H and O–H groups in total. The van der Waals surface area contributed by atoms with E-state index < -0.39 is 29.2 Å². The molecule has 170 valence electrons. The van der Waals surface area contributed by atoms with Gasteiger partial charge in [0.25, 0.3) is 0 Å². The Bertz CT molecular complexity index is 914. The quantitative estimate of drug-likeness (QED) is 0.579. The molecule has 9 heteroatoms. The molecule has 0 bridgehead atoms. The number of Topliss-reactive ketones (excluding diaryl/α,β-unsaturated/α-hetero) is 1. The highest BCUT2D eigenvalue weighted by Gasteiger charge is 2.60. The summed E-state index contributed by atoms with van der Waals surface area (Å²) in [7, 11) is 2.86. The number of rotatable bonds is 8. The van der Waals surface area contributed by atoms with Crippen LogP contribution in [0.1, 0.15) is 37.6 Å². The lowest BCUT2D eigenvalue weighted by molar-refractivity contribution is -0.129. The number of nitrogens with one attached hydrogen (secondary N) is 1. The smallest absolute Gasteiger partial charge is 0.236 e. The molecule has 0 saturated heterocycles. The summed E-state index contributed by atoms with van der Waals surface area (Å²) >= 11 is 6.38. The van der Waals surface area contributed by atoms with Crippen molar-refractivity contribution in [3.8, 4) is 17.2 Å². The molecular weight excluding hydrogens is 426 g/mol. The topological polar surface area (TPSA) is 103 Å². The molecular formula is C22H28ClNO7. The van der Waals surface area contributed by atoms with Crippen molar-refractivity contribution in [1.82, 2.24) is 5.32 Å². The van der Waals surface area contributed by atoms with Crippen LogP contribution < -0.4 is 19.5 Å². The lowest BCUT2D eigenvalue weighted by Gasteiger charge is -2.35. The van der Waals surface area contributed by atoms with Gasteiger partial charge in [-0.1, -0.05) is 18.5 Å². The van der Waals surface area contributed by atoms with Crippen LogP contribution in [0.4, 0.5) is 0 Å². The summed E-state index contributed by atoms with van der Waals surface area (Å²) in [4.78, 5) is 26.6. The van der Waals surface area contributed by atoms with E-state index in [0.29, 0.717) is 12.1 Å². The zero-order valence-electron chi connectivity index (χ0n) is 18.3. The summed E-state index contributed by atoms with van der Waals surface area (Å²) in [6.07, 6.45) is 1.02. The number of allylic oxidation sites excluding steroid dienone is 1. The summed E-state index contributed by atoms with van der Waals surface area (Å²) in [5, 5.41) is 13.2. The number of aliphatic hydroxyl groups is 1. The van der Waals surface area contributed by atoms with Crippen molar-refractivity contribution in [3.05, 3.63) is 28.4 Å². The maximum absolute atomic E-state index is 13.4. The van der Waals surface area contributed by atoms with Crippen molar-refractivity contribution in [3.63, 3.8) is 0 Å². The molecule has 0 saturated carbocycles. The first-order valence-corrected chi connectivity index (χ1v) is 10.5. The Kier molecular flexibility index (Phi) is 6.83. The number of fused-ring (bicyclic) bond motifs is 1. The van der Waals surface area contributed by atoms with Crippen molar-refractivity contribution in [2.75, 3.05) is 27.4 Å². The molecule has 3 rings (SSSR count). The minimum absolute atomic E-state index is 0.0135. The summed E-state index contributed by atoms with van der Waals surface area (Å²) in [6, 6.07) is 1.50. The highest BCUT2D eigenvalue weighted by Crippen LogP contribution is 2.52. The Morgan fingerprint density at radius 2 is 1.97 bits per heavy atom. The second-order valence-corrected chi connectivity index (χ2v) is 8.40. The Labute approximate surface area is 186 Å². The van der Waals surface area contributed by atoms with Crippen LogP contribution >= 0.6 is 11.6 Å². The van der Waals surface area contributed by atoms with Gasteiger partial charge in [0.2, 0.25) is 17.2 Å². The van der Waals surface area contributed by atoms with Crippen molar-refractivity contribution >= 4 is 23.2 Å².